The SMILES string of the molecule is Nc1nc2c(s1)CCCC2C(=O)N1CCc2c(Br)ccnc2C1. The summed E-state index contributed by atoms with van der Waals surface area (Å²) in [4.78, 5) is 25.0. The molecule has 2 aliphatic rings. The van der Waals surface area contributed by atoms with Crippen molar-refractivity contribution in [1.82, 2.24) is 14.9 Å². The highest BCUT2D eigenvalue weighted by atomic mass is 79.9. The van der Waals surface area contributed by atoms with Gasteiger partial charge >= 0.3 is 0 Å². The van der Waals surface area contributed by atoms with Crippen LogP contribution in [0.1, 0.15) is 40.6 Å². The van der Waals surface area contributed by atoms with E-state index in [-0.39, 0.29) is 11.8 Å². The van der Waals surface area contributed by atoms with E-state index in [9.17, 15) is 4.79 Å². The minimum absolute atomic E-state index is 0.138. The van der Waals surface area contributed by atoms with Crippen LogP contribution in [0.3, 0.4) is 0 Å². The van der Waals surface area contributed by atoms with Crippen molar-refractivity contribution in [3.63, 3.8) is 0 Å². The number of carbonyl (C=O) groups is 1. The van der Waals surface area contributed by atoms with Crippen molar-refractivity contribution in [3.05, 3.63) is 38.6 Å². The number of carbonyl (C=O) groups excluding carboxylic acids is 1. The Labute approximate surface area is 147 Å². The quantitative estimate of drug-likeness (QED) is 0.809. The van der Waals surface area contributed by atoms with E-state index in [0.717, 1.165) is 48.1 Å². The molecule has 0 radical (unpaired) electrons. The number of aryl methyl sites for hydroxylation is 1. The number of nitrogen functional groups attached to an aromatic ring is 1. The topological polar surface area (TPSA) is 72.1 Å². The van der Waals surface area contributed by atoms with E-state index in [4.69, 9.17) is 5.73 Å². The second kappa shape index (κ2) is 5.87. The molecule has 1 unspecified atom stereocenters. The fraction of sp³-hybridized carbons (Fsp3) is 0.438. The molecular weight excluding hydrogens is 376 g/mol. The number of thiazole rings is 1. The summed E-state index contributed by atoms with van der Waals surface area (Å²) in [5.74, 6) is 0.0321. The highest BCUT2D eigenvalue weighted by Gasteiger charge is 2.34. The van der Waals surface area contributed by atoms with Crippen molar-refractivity contribution < 1.29 is 4.79 Å². The maximum absolute atomic E-state index is 13.0. The van der Waals surface area contributed by atoms with E-state index in [1.54, 1.807) is 6.20 Å². The molecule has 4 rings (SSSR count). The van der Waals surface area contributed by atoms with Crippen LogP contribution in [0.15, 0.2) is 16.7 Å². The van der Waals surface area contributed by atoms with Crippen LogP contribution in [-0.2, 0) is 24.2 Å². The minimum atomic E-state index is -0.138. The van der Waals surface area contributed by atoms with Gasteiger partial charge in [0.25, 0.3) is 0 Å². The fourth-order valence-corrected chi connectivity index (χ4v) is 4.98. The molecule has 1 aliphatic heterocycles. The Bertz CT molecular complexity index is 775. The molecular formula is C16H17BrN4OS. The molecule has 0 bridgehead atoms. The molecule has 0 fully saturated rings. The number of hydrogen-bond donors (Lipinski definition) is 1. The summed E-state index contributed by atoms with van der Waals surface area (Å²) in [5, 5.41) is 0.573. The van der Waals surface area contributed by atoms with Gasteiger partial charge in [0, 0.05) is 22.1 Å². The van der Waals surface area contributed by atoms with E-state index < -0.39 is 0 Å². The van der Waals surface area contributed by atoms with E-state index in [2.05, 4.69) is 25.9 Å². The molecule has 1 atom stereocenters. The first-order valence-electron chi connectivity index (χ1n) is 7.79. The Morgan fingerprint density at radius 2 is 2.30 bits per heavy atom. The number of rotatable bonds is 1. The maximum atomic E-state index is 13.0. The Kier molecular flexibility index (Phi) is 3.85. The van der Waals surface area contributed by atoms with Gasteiger partial charge in [-0.2, -0.15) is 0 Å². The van der Waals surface area contributed by atoms with Crippen LogP contribution in [-0.4, -0.2) is 27.3 Å². The Morgan fingerprint density at radius 1 is 1.43 bits per heavy atom. The smallest absolute Gasteiger partial charge is 0.232 e. The lowest BCUT2D eigenvalue weighted by molar-refractivity contribution is -0.134. The van der Waals surface area contributed by atoms with Crippen LogP contribution in [0, 0.1) is 0 Å². The molecule has 23 heavy (non-hydrogen) atoms. The van der Waals surface area contributed by atoms with Gasteiger partial charge in [0.15, 0.2) is 5.13 Å². The number of hydrogen-bond acceptors (Lipinski definition) is 5. The van der Waals surface area contributed by atoms with Gasteiger partial charge in [0.05, 0.1) is 23.9 Å². The molecule has 0 saturated heterocycles. The second-order valence-corrected chi connectivity index (χ2v) is 8.00. The third-order valence-electron chi connectivity index (χ3n) is 4.64. The monoisotopic (exact) mass is 392 g/mol. The van der Waals surface area contributed by atoms with Gasteiger partial charge in [-0.15, -0.1) is 11.3 Å². The summed E-state index contributed by atoms with van der Waals surface area (Å²) >= 11 is 5.10. The van der Waals surface area contributed by atoms with E-state index >= 15 is 0 Å². The maximum Gasteiger partial charge on any atom is 0.232 e. The van der Waals surface area contributed by atoms with Crippen molar-refractivity contribution in [3.8, 4) is 0 Å². The number of halogens is 1. The molecule has 0 spiro atoms. The molecule has 3 heterocycles. The molecule has 120 valence electrons. The summed E-state index contributed by atoms with van der Waals surface area (Å²) < 4.78 is 1.09. The lowest BCUT2D eigenvalue weighted by Gasteiger charge is -2.32. The zero-order valence-corrected chi connectivity index (χ0v) is 15.0. The zero-order chi connectivity index (χ0) is 16.0. The summed E-state index contributed by atoms with van der Waals surface area (Å²) in [5.41, 5.74) is 8.97. The molecule has 1 aliphatic carbocycles. The largest absolute Gasteiger partial charge is 0.375 e. The Hall–Kier alpha value is -1.47. The third kappa shape index (κ3) is 2.65. The third-order valence-corrected chi connectivity index (χ3v) is 6.34. The highest BCUT2D eigenvalue weighted by molar-refractivity contribution is 9.10. The first kappa shape index (κ1) is 15.1. The lowest BCUT2D eigenvalue weighted by atomic mass is 9.89. The van der Waals surface area contributed by atoms with Gasteiger partial charge in [-0.3, -0.25) is 9.78 Å². The van der Waals surface area contributed by atoms with Gasteiger partial charge in [-0.25, -0.2) is 4.98 Å². The molecule has 2 N–H and O–H groups in total. The number of fused-ring (bicyclic) bond motifs is 2. The number of anilines is 1. The van der Waals surface area contributed by atoms with Gasteiger partial charge in [-0.05, 0) is 37.3 Å². The van der Waals surface area contributed by atoms with Gasteiger partial charge < -0.3 is 10.6 Å². The molecule has 2 aromatic heterocycles. The lowest BCUT2D eigenvalue weighted by Crippen LogP contribution is -2.40. The van der Waals surface area contributed by atoms with Gasteiger partial charge in [0.2, 0.25) is 5.91 Å². The molecule has 2 aromatic rings. The average Bonchev–Trinajstić information content (AvgIpc) is 2.94. The normalized spacial score (nSPS) is 20.0. The van der Waals surface area contributed by atoms with Crippen molar-refractivity contribution in [2.45, 2.75) is 38.1 Å². The molecule has 5 nitrogen and oxygen atoms in total. The number of pyridine rings is 1. The first-order valence-corrected chi connectivity index (χ1v) is 9.40. The van der Waals surface area contributed by atoms with Crippen LogP contribution in [0.5, 0.6) is 0 Å². The zero-order valence-electron chi connectivity index (χ0n) is 12.6. The summed E-state index contributed by atoms with van der Waals surface area (Å²) in [6.45, 7) is 1.32. The van der Waals surface area contributed by atoms with Crippen LogP contribution in [0.25, 0.3) is 0 Å². The van der Waals surface area contributed by atoms with Gasteiger partial charge in [0.1, 0.15) is 0 Å². The molecule has 1 amide bonds. The number of nitrogens with zero attached hydrogens (tertiary/aromatic N) is 3. The van der Waals surface area contributed by atoms with Crippen LogP contribution >= 0.6 is 27.3 Å². The fourth-order valence-electron chi connectivity index (χ4n) is 3.50. The predicted octanol–water partition coefficient (Wildman–Crippen LogP) is 2.89. The van der Waals surface area contributed by atoms with E-state index in [0.29, 0.717) is 11.7 Å². The summed E-state index contributed by atoms with van der Waals surface area (Å²) in [7, 11) is 0. The number of amides is 1. The van der Waals surface area contributed by atoms with Crippen molar-refractivity contribution in [2.24, 2.45) is 0 Å². The molecule has 0 saturated carbocycles. The summed E-state index contributed by atoms with van der Waals surface area (Å²) in [6.07, 6.45) is 5.51. The van der Waals surface area contributed by atoms with Crippen molar-refractivity contribution in [2.75, 3.05) is 12.3 Å². The van der Waals surface area contributed by atoms with E-state index in [1.165, 1.54) is 21.8 Å². The second-order valence-electron chi connectivity index (χ2n) is 6.03. The summed E-state index contributed by atoms with van der Waals surface area (Å²) in [6, 6.07) is 1.96. The number of nitrogens with two attached hydrogens (primary N) is 1. The standard InChI is InChI=1S/C16H17BrN4OS/c17-11-4-6-19-12-8-21(7-5-9(11)12)15(22)10-2-1-3-13-14(10)20-16(18)23-13/h4,6,10H,1-3,5,7-8H2,(H2,18,20). The number of aromatic nitrogens is 2. The minimum Gasteiger partial charge on any atom is -0.375 e. The van der Waals surface area contributed by atoms with Crippen molar-refractivity contribution >= 4 is 38.3 Å². The highest BCUT2D eigenvalue weighted by Crippen LogP contribution is 2.37. The average molecular weight is 393 g/mol. The predicted molar refractivity (Wildman–Crippen MR) is 93.3 cm³/mol. The molecule has 0 aromatic carbocycles. The Balaban J connectivity index is 1.59. The first-order chi connectivity index (χ1) is 11.1. The molecule has 7 heteroatoms. The Morgan fingerprint density at radius 3 is 3.17 bits per heavy atom. The van der Waals surface area contributed by atoms with Crippen molar-refractivity contribution in [1.29, 1.82) is 0 Å². The van der Waals surface area contributed by atoms with Crippen LogP contribution in [0.2, 0.25) is 0 Å². The van der Waals surface area contributed by atoms with E-state index in [1.807, 2.05) is 11.0 Å². The van der Waals surface area contributed by atoms with Crippen LogP contribution < -0.4 is 5.73 Å². The van der Waals surface area contributed by atoms with Crippen LogP contribution in [0.4, 0.5) is 5.13 Å². The van der Waals surface area contributed by atoms with Gasteiger partial charge in [-0.1, -0.05) is 15.9 Å².